The van der Waals surface area contributed by atoms with Gasteiger partial charge in [-0.05, 0) is 43.5 Å². The number of hydrogen-bond donors (Lipinski definition) is 0. The van der Waals surface area contributed by atoms with Crippen molar-refractivity contribution in [1.82, 2.24) is 4.98 Å². The van der Waals surface area contributed by atoms with Gasteiger partial charge < -0.3 is 0 Å². The maximum Gasteiger partial charge on any atom is 0.0725 e. The van der Waals surface area contributed by atoms with E-state index in [-0.39, 0.29) is 0 Å². The van der Waals surface area contributed by atoms with Gasteiger partial charge in [0.25, 0.3) is 0 Å². The molecule has 2 rings (SSSR count). The van der Waals surface area contributed by atoms with Crippen LogP contribution >= 0.6 is 11.6 Å². The summed E-state index contributed by atoms with van der Waals surface area (Å²) in [5, 5.41) is 1.90. The number of pyridine rings is 1. The summed E-state index contributed by atoms with van der Waals surface area (Å²) in [6, 6.07) is 6.20. The molecule has 0 aliphatic rings. The molecule has 0 fully saturated rings. The molecular weight excluding hydrogens is 206 g/mol. The average molecular weight is 220 g/mol. The van der Waals surface area contributed by atoms with E-state index in [0.29, 0.717) is 0 Å². The second-order valence-corrected chi connectivity index (χ2v) is 4.33. The van der Waals surface area contributed by atoms with Crippen molar-refractivity contribution in [2.45, 2.75) is 27.2 Å². The largest absolute Gasteiger partial charge is 0.253 e. The molecule has 0 saturated heterocycles. The van der Waals surface area contributed by atoms with Crippen molar-refractivity contribution in [3.05, 3.63) is 40.0 Å². The van der Waals surface area contributed by atoms with E-state index in [0.717, 1.165) is 28.0 Å². The molecule has 0 aliphatic carbocycles. The molecule has 0 spiro atoms. The molecule has 78 valence electrons. The number of benzene rings is 1. The van der Waals surface area contributed by atoms with Crippen LogP contribution in [0.2, 0.25) is 5.02 Å². The zero-order chi connectivity index (χ0) is 11.0. The first-order valence-corrected chi connectivity index (χ1v) is 5.56. The number of aryl methyl sites for hydroxylation is 3. The molecule has 0 aliphatic heterocycles. The van der Waals surface area contributed by atoms with Crippen molar-refractivity contribution < 1.29 is 0 Å². The fourth-order valence-electron chi connectivity index (χ4n) is 1.93. The van der Waals surface area contributed by atoms with Crippen LogP contribution in [0, 0.1) is 13.8 Å². The molecule has 0 amide bonds. The summed E-state index contributed by atoms with van der Waals surface area (Å²) in [6.45, 7) is 6.25. The summed E-state index contributed by atoms with van der Waals surface area (Å²) in [4.78, 5) is 4.59. The minimum Gasteiger partial charge on any atom is -0.253 e. The standard InChI is InChI=1S/C13H14ClN/c1-4-10-7-11(14)13-9(3)5-8(2)6-12(13)15-10/h5-7H,4H2,1-3H3. The summed E-state index contributed by atoms with van der Waals surface area (Å²) in [5.74, 6) is 0. The van der Waals surface area contributed by atoms with Crippen LogP contribution in [-0.2, 0) is 6.42 Å². The predicted octanol–water partition coefficient (Wildman–Crippen LogP) is 4.07. The third kappa shape index (κ3) is 1.84. The highest BCUT2D eigenvalue weighted by molar-refractivity contribution is 6.35. The van der Waals surface area contributed by atoms with Crippen molar-refractivity contribution in [1.29, 1.82) is 0 Å². The van der Waals surface area contributed by atoms with E-state index in [1.807, 2.05) is 6.07 Å². The highest BCUT2D eigenvalue weighted by atomic mass is 35.5. The third-order valence-corrected chi connectivity index (χ3v) is 2.92. The Morgan fingerprint density at radius 3 is 2.60 bits per heavy atom. The van der Waals surface area contributed by atoms with Gasteiger partial charge in [-0.2, -0.15) is 0 Å². The number of hydrogen-bond acceptors (Lipinski definition) is 1. The van der Waals surface area contributed by atoms with Crippen LogP contribution < -0.4 is 0 Å². The van der Waals surface area contributed by atoms with Crippen molar-refractivity contribution in [3.8, 4) is 0 Å². The average Bonchev–Trinajstić information content (AvgIpc) is 2.15. The van der Waals surface area contributed by atoms with Crippen LogP contribution in [0.1, 0.15) is 23.7 Å². The van der Waals surface area contributed by atoms with Crippen LogP contribution in [0.4, 0.5) is 0 Å². The van der Waals surface area contributed by atoms with Gasteiger partial charge in [-0.15, -0.1) is 0 Å². The molecule has 2 aromatic rings. The molecule has 0 radical (unpaired) electrons. The van der Waals surface area contributed by atoms with Gasteiger partial charge in [-0.3, -0.25) is 4.98 Å². The smallest absolute Gasteiger partial charge is 0.0725 e. The lowest BCUT2D eigenvalue weighted by molar-refractivity contribution is 1.06. The quantitative estimate of drug-likeness (QED) is 0.705. The van der Waals surface area contributed by atoms with E-state index in [1.54, 1.807) is 0 Å². The topological polar surface area (TPSA) is 12.9 Å². The molecule has 0 N–H and O–H groups in total. The van der Waals surface area contributed by atoms with Gasteiger partial charge in [0.05, 0.1) is 10.5 Å². The van der Waals surface area contributed by atoms with Crippen molar-refractivity contribution >= 4 is 22.5 Å². The molecule has 1 aromatic carbocycles. The Hall–Kier alpha value is -1.08. The fraction of sp³-hybridized carbons (Fsp3) is 0.308. The third-order valence-electron chi connectivity index (χ3n) is 2.62. The minimum atomic E-state index is 0.814. The Labute approximate surface area is 95.1 Å². The van der Waals surface area contributed by atoms with E-state index in [4.69, 9.17) is 11.6 Å². The molecular formula is C13H14ClN. The molecule has 1 nitrogen and oxygen atoms in total. The Morgan fingerprint density at radius 2 is 1.93 bits per heavy atom. The SMILES string of the molecule is CCc1cc(Cl)c2c(C)cc(C)cc2n1. The van der Waals surface area contributed by atoms with Gasteiger partial charge in [0.2, 0.25) is 0 Å². The monoisotopic (exact) mass is 219 g/mol. The van der Waals surface area contributed by atoms with Crippen molar-refractivity contribution in [3.63, 3.8) is 0 Å². The first-order chi connectivity index (χ1) is 7.11. The van der Waals surface area contributed by atoms with Crippen LogP contribution in [0.3, 0.4) is 0 Å². The van der Waals surface area contributed by atoms with E-state index >= 15 is 0 Å². The van der Waals surface area contributed by atoms with Crippen LogP contribution in [0.5, 0.6) is 0 Å². The van der Waals surface area contributed by atoms with Gasteiger partial charge in [0.1, 0.15) is 0 Å². The highest BCUT2D eigenvalue weighted by Crippen LogP contribution is 2.27. The highest BCUT2D eigenvalue weighted by Gasteiger charge is 2.06. The molecule has 0 atom stereocenters. The van der Waals surface area contributed by atoms with Crippen molar-refractivity contribution in [2.24, 2.45) is 0 Å². The van der Waals surface area contributed by atoms with E-state index < -0.39 is 0 Å². The van der Waals surface area contributed by atoms with Gasteiger partial charge in [-0.1, -0.05) is 24.6 Å². The van der Waals surface area contributed by atoms with Gasteiger partial charge in [-0.25, -0.2) is 0 Å². The van der Waals surface area contributed by atoms with Gasteiger partial charge >= 0.3 is 0 Å². The van der Waals surface area contributed by atoms with Crippen molar-refractivity contribution in [2.75, 3.05) is 0 Å². The number of fused-ring (bicyclic) bond motifs is 1. The zero-order valence-electron chi connectivity index (χ0n) is 9.26. The summed E-state index contributed by atoms with van der Waals surface area (Å²) in [5.41, 5.74) is 4.50. The summed E-state index contributed by atoms with van der Waals surface area (Å²) >= 11 is 6.26. The molecule has 1 aromatic heterocycles. The molecule has 0 unspecified atom stereocenters. The fourth-order valence-corrected chi connectivity index (χ4v) is 2.30. The van der Waals surface area contributed by atoms with Crippen LogP contribution in [0.15, 0.2) is 18.2 Å². The van der Waals surface area contributed by atoms with E-state index in [9.17, 15) is 0 Å². The summed E-state index contributed by atoms with van der Waals surface area (Å²) in [6.07, 6.45) is 0.919. The Kier molecular flexibility index (Phi) is 2.66. The molecule has 2 heteroatoms. The number of nitrogens with zero attached hydrogens (tertiary/aromatic N) is 1. The van der Waals surface area contributed by atoms with E-state index in [1.165, 1.54) is 11.1 Å². The molecule has 0 saturated carbocycles. The number of aromatic nitrogens is 1. The van der Waals surface area contributed by atoms with Crippen LogP contribution in [0.25, 0.3) is 10.9 Å². The lowest BCUT2D eigenvalue weighted by atomic mass is 10.1. The van der Waals surface area contributed by atoms with Crippen LogP contribution in [-0.4, -0.2) is 4.98 Å². The van der Waals surface area contributed by atoms with E-state index in [2.05, 4.69) is 37.9 Å². The van der Waals surface area contributed by atoms with Gasteiger partial charge in [0.15, 0.2) is 0 Å². The molecule has 1 heterocycles. The minimum absolute atomic E-state index is 0.814. The lowest BCUT2D eigenvalue weighted by Gasteiger charge is -2.07. The second-order valence-electron chi connectivity index (χ2n) is 3.92. The molecule has 0 bridgehead atoms. The van der Waals surface area contributed by atoms with Gasteiger partial charge in [0, 0.05) is 11.1 Å². The first-order valence-electron chi connectivity index (χ1n) is 5.18. The molecule has 15 heavy (non-hydrogen) atoms. The number of rotatable bonds is 1. The predicted molar refractivity (Wildman–Crippen MR) is 65.6 cm³/mol. The Bertz CT molecular complexity index is 517. The Balaban J connectivity index is 2.85. The number of halogens is 1. The summed E-state index contributed by atoms with van der Waals surface area (Å²) in [7, 11) is 0. The Morgan fingerprint density at radius 1 is 1.20 bits per heavy atom. The maximum absolute atomic E-state index is 6.26. The normalized spacial score (nSPS) is 10.9. The zero-order valence-corrected chi connectivity index (χ0v) is 10.0. The first kappa shape index (κ1) is 10.4. The maximum atomic E-state index is 6.26. The second kappa shape index (κ2) is 3.82. The lowest BCUT2D eigenvalue weighted by Crippen LogP contribution is -1.91. The summed E-state index contributed by atoms with van der Waals surface area (Å²) < 4.78 is 0.